The molecule has 0 amide bonds. The minimum absolute atomic E-state index is 0.465. The Bertz CT molecular complexity index is 649. The van der Waals surface area contributed by atoms with E-state index in [4.69, 9.17) is 14.0 Å². The van der Waals surface area contributed by atoms with E-state index in [1.54, 1.807) is 14.2 Å². The lowest BCUT2D eigenvalue weighted by molar-refractivity contribution is 0.265. The maximum absolute atomic E-state index is 5.38. The van der Waals surface area contributed by atoms with Crippen molar-refractivity contribution in [3.05, 3.63) is 35.5 Å². The van der Waals surface area contributed by atoms with E-state index in [2.05, 4.69) is 34.1 Å². The van der Waals surface area contributed by atoms with Crippen LogP contribution in [0.25, 0.3) is 0 Å². The lowest BCUT2D eigenvalue weighted by Gasteiger charge is -2.15. The van der Waals surface area contributed by atoms with Crippen molar-refractivity contribution < 1.29 is 14.0 Å². The number of likely N-dealkylation sites (tertiary alicyclic amines) is 1. The van der Waals surface area contributed by atoms with Gasteiger partial charge in [0.05, 0.1) is 20.8 Å². The molecule has 2 heterocycles. The first-order valence-electron chi connectivity index (χ1n) is 8.48. The molecule has 1 aromatic heterocycles. The number of aryl methyl sites for hydroxylation is 1. The molecule has 0 radical (unpaired) electrons. The van der Waals surface area contributed by atoms with Crippen LogP contribution in [-0.4, -0.2) is 42.3 Å². The van der Waals surface area contributed by atoms with Crippen LogP contribution < -0.4 is 9.47 Å². The van der Waals surface area contributed by atoms with E-state index in [-0.39, 0.29) is 0 Å². The van der Waals surface area contributed by atoms with Crippen LogP contribution in [0.4, 0.5) is 0 Å². The van der Waals surface area contributed by atoms with E-state index in [1.807, 2.05) is 6.07 Å². The molecule has 6 nitrogen and oxygen atoms in total. The Kier molecular flexibility index (Phi) is 5.35. The van der Waals surface area contributed by atoms with Gasteiger partial charge in [0.15, 0.2) is 5.82 Å². The van der Waals surface area contributed by atoms with Gasteiger partial charge in [-0.05, 0) is 43.0 Å². The lowest BCUT2D eigenvalue weighted by Crippen LogP contribution is -2.20. The monoisotopic (exact) mass is 331 g/mol. The van der Waals surface area contributed by atoms with Gasteiger partial charge in [-0.2, -0.15) is 4.98 Å². The number of ether oxygens (including phenoxy) is 2. The Morgan fingerprint density at radius 1 is 1.21 bits per heavy atom. The topological polar surface area (TPSA) is 60.6 Å². The zero-order valence-corrected chi connectivity index (χ0v) is 14.6. The molecule has 0 bridgehead atoms. The first-order valence-corrected chi connectivity index (χ1v) is 8.48. The zero-order valence-electron chi connectivity index (χ0n) is 14.6. The summed E-state index contributed by atoms with van der Waals surface area (Å²) >= 11 is 0. The van der Waals surface area contributed by atoms with E-state index in [9.17, 15) is 0 Å². The van der Waals surface area contributed by atoms with Gasteiger partial charge in [0.1, 0.15) is 11.5 Å². The number of hydrogen-bond acceptors (Lipinski definition) is 6. The number of rotatable bonds is 7. The summed E-state index contributed by atoms with van der Waals surface area (Å²) in [6, 6.07) is 6.11. The Balaban J connectivity index is 1.64. The third-order valence-corrected chi connectivity index (χ3v) is 4.46. The number of nitrogens with zero attached hydrogens (tertiary/aromatic N) is 3. The fourth-order valence-corrected chi connectivity index (χ4v) is 3.18. The van der Waals surface area contributed by atoms with Gasteiger partial charge >= 0.3 is 0 Å². The fraction of sp³-hybridized carbons (Fsp3) is 0.556. The quantitative estimate of drug-likeness (QED) is 0.777. The predicted molar refractivity (Wildman–Crippen MR) is 90.5 cm³/mol. The van der Waals surface area contributed by atoms with Crippen molar-refractivity contribution in [2.24, 2.45) is 0 Å². The molecule has 1 atom stereocenters. The van der Waals surface area contributed by atoms with Crippen molar-refractivity contribution in [3.8, 4) is 11.5 Å². The normalized spacial score (nSPS) is 18.0. The maximum atomic E-state index is 5.38. The highest BCUT2D eigenvalue weighted by Gasteiger charge is 2.26. The largest absolute Gasteiger partial charge is 0.497 e. The van der Waals surface area contributed by atoms with Gasteiger partial charge in [0, 0.05) is 19.0 Å². The van der Waals surface area contributed by atoms with Gasteiger partial charge in [-0.3, -0.25) is 4.90 Å². The van der Waals surface area contributed by atoms with Crippen LogP contribution in [0.5, 0.6) is 11.5 Å². The standard InChI is InChI=1S/C18H25N3O3/c1-4-5-17-19-18(24-20-17)12-21-7-6-13(11-21)14-8-15(22-2)10-16(9-14)23-3/h8-10,13H,4-7,11-12H2,1-3H3/t13-/m0/s1. The number of hydrogen-bond donors (Lipinski definition) is 0. The van der Waals surface area contributed by atoms with Gasteiger partial charge in [-0.25, -0.2) is 0 Å². The molecule has 1 aliphatic heterocycles. The van der Waals surface area contributed by atoms with Gasteiger partial charge in [-0.1, -0.05) is 12.1 Å². The SMILES string of the molecule is CCCc1noc(CN2CC[C@H](c3cc(OC)cc(OC)c3)C2)n1. The van der Waals surface area contributed by atoms with Crippen molar-refractivity contribution in [1.29, 1.82) is 0 Å². The molecule has 0 unspecified atom stereocenters. The van der Waals surface area contributed by atoms with Crippen LogP contribution in [-0.2, 0) is 13.0 Å². The molecule has 1 fully saturated rings. The van der Waals surface area contributed by atoms with Crippen molar-refractivity contribution in [2.45, 2.75) is 38.6 Å². The van der Waals surface area contributed by atoms with E-state index in [0.717, 1.165) is 49.7 Å². The molecule has 1 aliphatic rings. The highest BCUT2D eigenvalue weighted by Crippen LogP contribution is 2.33. The fourth-order valence-electron chi connectivity index (χ4n) is 3.18. The molecule has 6 heteroatoms. The molecular formula is C18H25N3O3. The van der Waals surface area contributed by atoms with E-state index < -0.39 is 0 Å². The first-order chi connectivity index (χ1) is 11.7. The predicted octanol–water partition coefficient (Wildman–Crippen LogP) is 3.03. The molecule has 0 saturated carbocycles. The van der Waals surface area contributed by atoms with Gasteiger partial charge < -0.3 is 14.0 Å². The average molecular weight is 331 g/mol. The minimum atomic E-state index is 0.465. The van der Waals surface area contributed by atoms with E-state index in [0.29, 0.717) is 18.4 Å². The lowest BCUT2D eigenvalue weighted by atomic mass is 9.98. The molecule has 130 valence electrons. The molecular weight excluding hydrogens is 306 g/mol. The van der Waals surface area contributed by atoms with Crippen LogP contribution in [0, 0.1) is 0 Å². The van der Waals surface area contributed by atoms with Crippen molar-refractivity contribution in [2.75, 3.05) is 27.3 Å². The summed E-state index contributed by atoms with van der Waals surface area (Å²) in [5, 5.41) is 4.02. The van der Waals surface area contributed by atoms with Gasteiger partial charge in [0.2, 0.25) is 5.89 Å². The molecule has 2 aromatic rings. The van der Waals surface area contributed by atoms with Crippen LogP contribution in [0.2, 0.25) is 0 Å². The van der Waals surface area contributed by atoms with Crippen LogP contribution in [0.3, 0.4) is 0 Å². The second-order valence-corrected chi connectivity index (χ2v) is 6.22. The second-order valence-electron chi connectivity index (χ2n) is 6.22. The van der Waals surface area contributed by atoms with Crippen molar-refractivity contribution >= 4 is 0 Å². The second kappa shape index (κ2) is 7.66. The number of benzene rings is 1. The number of aromatic nitrogens is 2. The Morgan fingerprint density at radius 3 is 2.62 bits per heavy atom. The summed E-state index contributed by atoms with van der Waals surface area (Å²) in [7, 11) is 3.37. The number of methoxy groups -OCH3 is 2. The molecule has 3 rings (SSSR count). The van der Waals surface area contributed by atoms with E-state index >= 15 is 0 Å². The molecule has 0 spiro atoms. The minimum Gasteiger partial charge on any atom is -0.497 e. The Labute approximate surface area is 142 Å². The smallest absolute Gasteiger partial charge is 0.240 e. The van der Waals surface area contributed by atoms with Crippen molar-refractivity contribution in [3.63, 3.8) is 0 Å². The molecule has 0 N–H and O–H groups in total. The summed E-state index contributed by atoms with van der Waals surface area (Å²) in [5.74, 6) is 3.66. The van der Waals surface area contributed by atoms with Crippen LogP contribution in [0.15, 0.2) is 22.7 Å². The van der Waals surface area contributed by atoms with Gasteiger partial charge in [0.25, 0.3) is 0 Å². The molecule has 0 aliphatic carbocycles. The average Bonchev–Trinajstić information content (AvgIpc) is 3.25. The summed E-state index contributed by atoms with van der Waals surface area (Å²) < 4.78 is 16.1. The highest BCUT2D eigenvalue weighted by atomic mass is 16.5. The van der Waals surface area contributed by atoms with Gasteiger partial charge in [-0.15, -0.1) is 0 Å². The van der Waals surface area contributed by atoms with Crippen LogP contribution >= 0.6 is 0 Å². The Morgan fingerprint density at radius 2 is 1.96 bits per heavy atom. The molecule has 1 aromatic carbocycles. The third kappa shape index (κ3) is 3.87. The summed E-state index contributed by atoms with van der Waals surface area (Å²) in [5.41, 5.74) is 1.26. The van der Waals surface area contributed by atoms with E-state index in [1.165, 1.54) is 5.56 Å². The Hall–Kier alpha value is -2.08. The highest BCUT2D eigenvalue weighted by molar-refractivity contribution is 5.40. The summed E-state index contributed by atoms with van der Waals surface area (Å²) in [6.45, 7) is 4.83. The molecule has 1 saturated heterocycles. The molecule has 24 heavy (non-hydrogen) atoms. The third-order valence-electron chi connectivity index (χ3n) is 4.46. The summed E-state index contributed by atoms with van der Waals surface area (Å²) in [6.07, 6.45) is 3.00. The van der Waals surface area contributed by atoms with Crippen molar-refractivity contribution in [1.82, 2.24) is 15.0 Å². The first kappa shape index (κ1) is 16.8. The summed E-state index contributed by atoms with van der Waals surface area (Å²) in [4.78, 5) is 6.82. The van der Waals surface area contributed by atoms with Crippen LogP contribution in [0.1, 0.15) is 43.0 Å². The maximum Gasteiger partial charge on any atom is 0.240 e. The zero-order chi connectivity index (χ0) is 16.9.